The van der Waals surface area contributed by atoms with Crippen molar-refractivity contribution >= 4 is 11.8 Å². The topological polar surface area (TPSA) is 70.7 Å². The minimum atomic E-state index is -0.433. The van der Waals surface area contributed by atoms with Gasteiger partial charge in [-0.25, -0.2) is 0 Å². The number of hydrogen-bond acceptors (Lipinski definition) is 4. The Morgan fingerprint density at radius 2 is 1.40 bits per heavy atom. The molecule has 6 nitrogen and oxygen atoms in total. The summed E-state index contributed by atoms with van der Waals surface area (Å²) < 4.78 is 5.67. The van der Waals surface area contributed by atoms with Crippen LogP contribution in [0.25, 0.3) is 11.1 Å². The Hall–Kier alpha value is -3.64. The van der Waals surface area contributed by atoms with Gasteiger partial charge in [0.1, 0.15) is 5.75 Å². The summed E-state index contributed by atoms with van der Waals surface area (Å²) in [5.41, 5.74) is 7.83. The lowest BCUT2D eigenvalue weighted by Crippen LogP contribution is -2.47. The van der Waals surface area contributed by atoms with Crippen LogP contribution < -0.4 is 15.6 Å². The fourth-order valence-electron chi connectivity index (χ4n) is 3.00. The minimum absolute atomic E-state index is 0.160. The van der Waals surface area contributed by atoms with Gasteiger partial charge in [-0.05, 0) is 24.2 Å². The van der Waals surface area contributed by atoms with E-state index in [2.05, 4.69) is 10.9 Å². The molecule has 154 valence electrons. The van der Waals surface area contributed by atoms with Gasteiger partial charge in [-0.2, -0.15) is 0 Å². The molecule has 0 bridgehead atoms. The Morgan fingerprint density at radius 1 is 0.800 bits per heavy atom. The highest BCUT2D eigenvalue weighted by Crippen LogP contribution is 2.29. The van der Waals surface area contributed by atoms with E-state index in [-0.39, 0.29) is 19.1 Å². The van der Waals surface area contributed by atoms with Crippen molar-refractivity contribution in [3.05, 3.63) is 90.5 Å². The first-order chi connectivity index (χ1) is 14.6. The number of carbonyl (C=O) groups excluding carboxylic acids is 2. The van der Waals surface area contributed by atoms with Crippen LogP contribution in [0.5, 0.6) is 5.75 Å². The molecule has 3 rings (SSSR count). The number of likely N-dealkylation sites (N-methyl/N-ethyl adjacent to an activating group) is 1. The molecule has 0 fully saturated rings. The number of nitrogens with zero attached hydrogens (tertiary/aromatic N) is 1. The molecule has 6 heteroatoms. The van der Waals surface area contributed by atoms with Crippen molar-refractivity contribution in [3.63, 3.8) is 0 Å². The number of hydrazine groups is 1. The molecule has 0 atom stereocenters. The van der Waals surface area contributed by atoms with Gasteiger partial charge in [-0.15, -0.1) is 0 Å². The predicted molar refractivity (Wildman–Crippen MR) is 116 cm³/mol. The molecule has 0 aromatic heterocycles. The number of ether oxygens (including phenoxy) is 1. The van der Waals surface area contributed by atoms with Crippen LogP contribution in [-0.4, -0.2) is 36.9 Å². The number of hydrogen-bond donors (Lipinski definition) is 2. The molecule has 0 heterocycles. The zero-order valence-electron chi connectivity index (χ0n) is 16.9. The number of benzene rings is 3. The molecule has 30 heavy (non-hydrogen) atoms. The molecule has 0 saturated heterocycles. The van der Waals surface area contributed by atoms with E-state index >= 15 is 0 Å². The van der Waals surface area contributed by atoms with Crippen molar-refractivity contribution < 1.29 is 14.3 Å². The largest absolute Gasteiger partial charge is 0.483 e. The predicted octanol–water partition coefficient (Wildman–Crippen LogP) is 3.01. The van der Waals surface area contributed by atoms with E-state index < -0.39 is 5.91 Å². The third-order valence-electron chi connectivity index (χ3n) is 4.38. The molecule has 2 amide bonds. The highest BCUT2D eigenvalue weighted by atomic mass is 16.5. The van der Waals surface area contributed by atoms with Gasteiger partial charge in [0.25, 0.3) is 11.8 Å². The zero-order chi connectivity index (χ0) is 21.2. The van der Waals surface area contributed by atoms with Crippen molar-refractivity contribution in [3.8, 4) is 16.9 Å². The molecule has 0 radical (unpaired) electrons. The van der Waals surface area contributed by atoms with E-state index in [4.69, 9.17) is 4.74 Å². The van der Waals surface area contributed by atoms with E-state index in [0.29, 0.717) is 12.3 Å². The first kappa shape index (κ1) is 21.1. The Morgan fingerprint density at radius 3 is 2.13 bits per heavy atom. The summed E-state index contributed by atoms with van der Waals surface area (Å²) in [4.78, 5) is 26.0. The number of amides is 2. The molecular formula is C24H25N3O3. The molecule has 3 aromatic carbocycles. The lowest BCUT2D eigenvalue weighted by molar-refractivity contribution is -0.130. The smallest absolute Gasteiger partial charge is 0.276 e. The van der Waals surface area contributed by atoms with Crippen LogP contribution in [0.15, 0.2) is 84.9 Å². The van der Waals surface area contributed by atoms with Crippen LogP contribution >= 0.6 is 0 Å². The zero-order valence-corrected chi connectivity index (χ0v) is 16.9. The molecule has 0 aliphatic rings. The first-order valence-electron chi connectivity index (χ1n) is 9.69. The van der Waals surface area contributed by atoms with Gasteiger partial charge in [-0.1, -0.05) is 78.9 Å². The lowest BCUT2D eigenvalue weighted by atomic mass is 10.1. The molecule has 2 N–H and O–H groups in total. The van der Waals surface area contributed by atoms with Crippen molar-refractivity contribution in [2.75, 3.05) is 20.2 Å². The van der Waals surface area contributed by atoms with E-state index in [1.54, 1.807) is 0 Å². The molecule has 0 aliphatic carbocycles. The summed E-state index contributed by atoms with van der Waals surface area (Å²) in [6.07, 6.45) is 0. The van der Waals surface area contributed by atoms with Crippen LogP contribution in [0, 0.1) is 0 Å². The van der Waals surface area contributed by atoms with Gasteiger partial charge in [0.05, 0.1) is 6.54 Å². The number of nitrogens with one attached hydrogen (secondary N) is 2. The van der Waals surface area contributed by atoms with Crippen molar-refractivity contribution in [2.24, 2.45) is 0 Å². The van der Waals surface area contributed by atoms with E-state index in [9.17, 15) is 9.59 Å². The molecular weight excluding hydrogens is 378 g/mol. The Kier molecular flexibility index (Phi) is 7.58. The highest BCUT2D eigenvalue weighted by Gasteiger charge is 2.11. The number of carbonyl (C=O) groups is 2. The minimum Gasteiger partial charge on any atom is -0.483 e. The molecule has 3 aromatic rings. The molecule has 0 spiro atoms. The quantitative estimate of drug-likeness (QED) is 0.567. The SMILES string of the molecule is CN(CC(=O)NNC(=O)COc1ccccc1-c1ccccc1)Cc1ccccc1. The third kappa shape index (κ3) is 6.46. The molecule has 0 unspecified atom stereocenters. The molecule has 0 aliphatic heterocycles. The van der Waals surface area contributed by atoms with Crippen molar-refractivity contribution in [2.45, 2.75) is 6.54 Å². The normalized spacial score (nSPS) is 10.5. The summed E-state index contributed by atoms with van der Waals surface area (Å²) in [7, 11) is 1.85. The standard InChI is InChI=1S/C24H25N3O3/c1-27(16-19-10-4-2-5-11-19)17-23(28)25-26-24(29)18-30-22-15-9-8-14-21(22)20-12-6-3-7-13-20/h2-15H,16-18H2,1H3,(H,25,28)(H,26,29). The first-order valence-corrected chi connectivity index (χ1v) is 9.69. The van der Waals surface area contributed by atoms with Gasteiger partial charge in [0, 0.05) is 12.1 Å². The molecule has 0 saturated carbocycles. The van der Waals surface area contributed by atoms with Crippen LogP contribution in [0.1, 0.15) is 5.56 Å². The summed E-state index contributed by atoms with van der Waals surface area (Å²) in [5.74, 6) is -0.129. The van der Waals surface area contributed by atoms with Crippen molar-refractivity contribution in [1.82, 2.24) is 15.8 Å². The third-order valence-corrected chi connectivity index (χ3v) is 4.38. The summed E-state index contributed by atoms with van der Waals surface area (Å²) >= 11 is 0. The average Bonchev–Trinajstić information content (AvgIpc) is 2.77. The highest BCUT2D eigenvalue weighted by molar-refractivity contribution is 5.83. The Labute approximate surface area is 176 Å². The summed E-state index contributed by atoms with van der Waals surface area (Å²) in [5, 5.41) is 0. The second kappa shape index (κ2) is 10.8. The Bertz CT molecular complexity index is 962. The van der Waals surface area contributed by atoms with Crippen LogP contribution in [-0.2, 0) is 16.1 Å². The van der Waals surface area contributed by atoms with Gasteiger partial charge in [-0.3, -0.25) is 25.3 Å². The average molecular weight is 403 g/mol. The van der Waals surface area contributed by atoms with Crippen LogP contribution in [0.2, 0.25) is 0 Å². The summed E-state index contributed by atoms with van der Waals surface area (Å²) in [6, 6.07) is 27.2. The second-order valence-corrected chi connectivity index (χ2v) is 6.91. The van der Waals surface area contributed by atoms with Crippen LogP contribution in [0.3, 0.4) is 0 Å². The maximum Gasteiger partial charge on any atom is 0.276 e. The Balaban J connectivity index is 1.44. The van der Waals surface area contributed by atoms with Gasteiger partial charge in [0.2, 0.25) is 0 Å². The second-order valence-electron chi connectivity index (χ2n) is 6.91. The van der Waals surface area contributed by atoms with Gasteiger partial charge in [0.15, 0.2) is 6.61 Å². The number of rotatable bonds is 8. The van der Waals surface area contributed by atoms with Gasteiger partial charge < -0.3 is 4.74 Å². The lowest BCUT2D eigenvalue weighted by Gasteiger charge is -2.17. The van der Waals surface area contributed by atoms with E-state index in [1.165, 1.54) is 0 Å². The monoisotopic (exact) mass is 403 g/mol. The fraction of sp³-hybridized carbons (Fsp3) is 0.167. The van der Waals surface area contributed by atoms with Crippen molar-refractivity contribution in [1.29, 1.82) is 0 Å². The van der Waals surface area contributed by atoms with Gasteiger partial charge >= 0.3 is 0 Å². The summed E-state index contributed by atoms with van der Waals surface area (Å²) in [6.45, 7) is 0.596. The van der Waals surface area contributed by atoms with Crippen LogP contribution in [0.4, 0.5) is 0 Å². The maximum absolute atomic E-state index is 12.1. The number of para-hydroxylation sites is 1. The maximum atomic E-state index is 12.1. The van der Waals surface area contributed by atoms with E-state index in [1.807, 2.05) is 96.9 Å². The fourth-order valence-corrected chi connectivity index (χ4v) is 3.00. The van der Waals surface area contributed by atoms with E-state index in [0.717, 1.165) is 16.7 Å².